The molecule has 1 saturated carbocycles. The van der Waals surface area contributed by atoms with Crippen molar-refractivity contribution < 1.29 is 0 Å². The number of halogens is 1. The molecular weight excluding hydrogens is 302 g/mol. The molecular formula is C16H16ClN3S. The van der Waals surface area contributed by atoms with Crippen LogP contribution in [0.5, 0.6) is 0 Å². The second-order valence-electron chi connectivity index (χ2n) is 5.56. The highest BCUT2D eigenvalue weighted by atomic mass is 35.5. The lowest BCUT2D eigenvalue weighted by atomic mass is 10.3. The summed E-state index contributed by atoms with van der Waals surface area (Å²) in [5, 5.41) is 2.89. The van der Waals surface area contributed by atoms with Crippen LogP contribution in [0.2, 0.25) is 5.02 Å². The highest BCUT2D eigenvalue weighted by Gasteiger charge is 2.29. The number of hydrogen-bond acceptors (Lipinski definition) is 3. The molecule has 0 radical (unpaired) electrons. The molecule has 1 aliphatic carbocycles. The van der Waals surface area contributed by atoms with Crippen LogP contribution in [0.4, 0.5) is 0 Å². The summed E-state index contributed by atoms with van der Waals surface area (Å²) in [5.74, 6) is 0. The third-order valence-electron chi connectivity index (χ3n) is 3.83. The number of hydrogen-bond donors (Lipinski definition) is 0. The Labute approximate surface area is 132 Å². The molecule has 3 aromatic heterocycles. The van der Waals surface area contributed by atoms with E-state index in [0.29, 0.717) is 0 Å². The van der Waals surface area contributed by atoms with E-state index >= 15 is 0 Å². The Morgan fingerprint density at radius 2 is 2.14 bits per heavy atom. The summed E-state index contributed by atoms with van der Waals surface area (Å²) in [4.78, 5) is 8.66. The smallest absolute Gasteiger partial charge is 0.137 e. The quantitative estimate of drug-likeness (QED) is 0.702. The second-order valence-corrected chi connectivity index (χ2v) is 7.03. The van der Waals surface area contributed by atoms with Gasteiger partial charge >= 0.3 is 0 Å². The number of aromatic nitrogens is 2. The molecule has 21 heavy (non-hydrogen) atoms. The third-order valence-corrected chi connectivity index (χ3v) is 4.92. The number of thiophene rings is 1. The van der Waals surface area contributed by atoms with E-state index < -0.39 is 0 Å². The highest BCUT2D eigenvalue weighted by Crippen LogP contribution is 2.30. The van der Waals surface area contributed by atoms with E-state index in [-0.39, 0.29) is 0 Å². The summed E-state index contributed by atoms with van der Waals surface area (Å²) >= 11 is 7.86. The fourth-order valence-corrected chi connectivity index (χ4v) is 3.56. The molecule has 0 aliphatic heterocycles. The van der Waals surface area contributed by atoms with Gasteiger partial charge in [0, 0.05) is 36.4 Å². The number of nitrogens with zero attached hydrogens (tertiary/aromatic N) is 3. The Balaban J connectivity index is 1.56. The van der Waals surface area contributed by atoms with Crippen molar-refractivity contribution in [1.82, 2.24) is 14.3 Å². The Kier molecular flexibility index (Phi) is 3.45. The largest absolute Gasteiger partial charge is 0.305 e. The highest BCUT2D eigenvalue weighted by molar-refractivity contribution is 7.09. The van der Waals surface area contributed by atoms with Crippen molar-refractivity contribution in [2.75, 3.05) is 0 Å². The Hall–Kier alpha value is -1.36. The van der Waals surface area contributed by atoms with Crippen LogP contribution in [0, 0.1) is 0 Å². The van der Waals surface area contributed by atoms with Gasteiger partial charge in [0.15, 0.2) is 0 Å². The Bertz CT molecular complexity index is 746. The lowest BCUT2D eigenvalue weighted by molar-refractivity contribution is 0.245. The maximum Gasteiger partial charge on any atom is 0.137 e. The van der Waals surface area contributed by atoms with E-state index in [9.17, 15) is 0 Å². The van der Waals surface area contributed by atoms with Crippen LogP contribution in [-0.4, -0.2) is 20.3 Å². The van der Waals surface area contributed by atoms with Crippen LogP contribution in [-0.2, 0) is 13.1 Å². The molecule has 0 N–H and O–H groups in total. The minimum absolute atomic E-state index is 0.723. The summed E-state index contributed by atoms with van der Waals surface area (Å²) in [6.45, 7) is 1.93. The van der Waals surface area contributed by atoms with Crippen molar-refractivity contribution >= 4 is 28.6 Å². The average Bonchev–Trinajstić information content (AvgIpc) is 3.04. The Morgan fingerprint density at radius 3 is 2.90 bits per heavy atom. The first-order valence-electron chi connectivity index (χ1n) is 7.17. The number of fused-ring (bicyclic) bond motifs is 1. The van der Waals surface area contributed by atoms with E-state index in [4.69, 9.17) is 16.6 Å². The molecule has 4 rings (SSSR count). The predicted molar refractivity (Wildman–Crippen MR) is 86.8 cm³/mol. The van der Waals surface area contributed by atoms with Crippen molar-refractivity contribution in [3.8, 4) is 0 Å². The molecule has 1 aliphatic rings. The number of rotatable bonds is 5. The predicted octanol–water partition coefficient (Wildman–Crippen LogP) is 4.21. The van der Waals surface area contributed by atoms with E-state index in [1.54, 1.807) is 0 Å². The van der Waals surface area contributed by atoms with Crippen LogP contribution in [0.15, 0.2) is 42.0 Å². The Morgan fingerprint density at radius 1 is 1.24 bits per heavy atom. The van der Waals surface area contributed by atoms with Gasteiger partial charge in [-0.1, -0.05) is 17.7 Å². The van der Waals surface area contributed by atoms with Gasteiger partial charge in [-0.05, 0) is 36.4 Å². The summed E-state index contributed by atoms with van der Waals surface area (Å²) in [6.07, 6.45) is 6.62. The van der Waals surface area contributed by atoms with Crippen molar-refractivity contribution in [3.05, 3.63) is 57.6 Å². The van der Waals surface area contributed by atoms with Gasteiger partial charge in [0.05, 0.1) is 10.7 Å². The first-order valence-corrected chi connectivity index (χ1v) is 8.43. The van der Waals surface area contributed by atoms with Gasteiger partial charge in [0.1, 0.15) is 5.65 Å². The van der Waals surface area contributed by atoms with Crippen molar-refractivity contribution in [2.45, 2.75) is 32.0 Å². The standard InChI is InChI=1S/C16H16ClN3S/c17-12-3-6-16-18-13(10-20(16)8-12)9-19(14-4-5-14)11-15-2-1-7-21-15/h1-3,6-8,10,14H,4-5,9,11H2. The molecule has 0 amide bonds. The molecule has 0 atom stereocenters. The normalized spacial score (nSPS) is 15.1. The minimum Gasteiger partial charge on any atom is -0.305 e. The van der Waals surface area contributed by atoms with E-state index in [1.165, 1.54) is 17.7 Å². The topological polar surface area (TPSA) is 20.5 Å². The number of imidazole rings is 1. The zero-order chi connectivity index (χ0) is 14.2. The van der Waals surface area contributed by atoms with Gasteiger partial charge in [-0.25, -0.2) is 4.98 Å². The molecule has 1 fully saturated rings. The van der Waals surface area contributed by atoms with E-state index in [1.807, 2.05) is 34.1 Å². The SMILES string of the molecule is Clc1ccc2nc(CN(Cc3cccs3)C3CC3)cn2c1. The number of pyridine rings is 1. The molecule has 0 saturated heterocycles. The maximum absolute atomic E-state index is 6.03. The molecule has 108 valence electrons. The lowest BCUT2D eigenvalue weighted by Gasteiger charge is -2.19. The summed E-state index contributed by atoms with van der Waals surface area (Å²) in [5.41, 5.74) is 2.07. The van der Waals surface area contributed by atoms with Crippen molar-refractivity contribution in [2.24, 2.45) is 0 Å². The van der Waals surface area contributed by atoms with Gasteiger partial charge in [-0.15, -0.1) is 11.3 Å². The minimum atomic E-state index is 0.723. The molecule has 0 unspecified atom stereocenters. The molecule has 0 bridgehead atoms. The van der Waals surface area contributed by atoms with E-state index in [2.05, 4.69) is 28.6 Å². The van der Waals surface area contributed by atoms with Gasteiger partial charge < -0.3 is 4.40 Å². The monoisotopic (exact) mass is 317 g/mol. The zero-order valence-electron chi connectivity index (χ0n) is 11.6. The molecule has 0 aromatic carbocycles. The first kappa shape index (κ1) is 13.3. The molecule has 0 spiro atoms. The van der Waals surface area contributed by atoms with Crippen LogP contribution < -0.4 is 0 Å². The second kappa shape index (κ2) is 5.44. The molecule has 3 heterocycles. The van der Waals surface area contributed by atoms with Crippen LogP contribution in [0.25, 0.3) is 5.65 Å². The lowest BCUT2D eigenvalue weighted by Crippen LogP contribution is -2.24. The summed E-state index contributed by atoms with van der Waals surface area (Å²) in [7, 11) is 0. The molecule has 3 aromatic rings. The van der Waals surface area contributed by atoms with Crippen LogP contribution in [0.1, 0.15) is 23.4 Å². The van der Waals surface area contributed by atoms with E-state index in [0.717, 1.165) is 35.5 Å². The fraction of sp³-hybridized carbons (Fsp3) is 0.312. The third kappa shape index (κ3) is 2.98. The zero-order valence-corrected chi connectivity index (χ0v) is 13.1. The van der Waals surface area contributed by atoms with Crippen LogP contribution in [0.3, 0.4) is 0 Å². The van der Waals surface area contributed by atoms with Crippen molar-refractivity contribution in [1.29, 1.82) is 0 Å². The van der Waals surface area contributed by atoms with Gasteiger partial charge in [-0.2, -0.15) is 0 Å². The van der Waals surface area contributed by atoms with Gasteiger partial charge in [-0.3, -0.25) is 4.90 Å². The van der Waals surface area contributed by atoms with Gasteiger partial charge in [0.2, 0.25) is 0 Å². The summed E-state index contributed by atoms with van der Waals surface area (Å²) < 4.78 is 2.01. The average molecular weight is 318 g/mol. The van der Waals surface area contributed by atoms with Crippen molar-refractivity contribution in [3.63, 3.8) is 0 Å². The maximum atomic E-state index is 6.03. The fourth-order valence-electron chi connectivity index (χ4n) is 2.66. The molecule has 3 nitrogen and oxygen atoms in total. The van der Waals surface area contributed by atoms with Crippen LogP contribution >= 0.6 is 22.9 Å². The summed E-state index contributed by atoms with van der Waals surface area (Å²) in [6, 6.07) is 8.91. The first-order chi connectivity index (χ1) is 10.3. The van der Waals surface area contributed by atoms with Gasteiger partial charge in [0.25, 0.3) is 0 Å². The molecule has 5 heteroatoms.